The summed E-state index contributed by atoms with van der Waals surface area (Å²) >= 11 is 0. The molecule has 0 spiro atoms. The van der Waals surface area contributed by atoms with Crippen LogP contribution in [0, 0.1) is 0 Å². The number of nitrogens with zero attached hydrogens (tertiary/aromatic N) is 8. The van der Waals surface area contributed by atoms with E-state index in [9.17, 15) is 4.79 Å². The minimum Gasteiger partial charge on any atom is -0.444 e. The molecule has 4 aromatic rings. The summed E-state index contributed by atoms with van der Waals surface area (Å²) in [7, 11) is 0. The molecule has 2 aromatic carbocycles. The first-order chi connectivity index (χ1) is 23.4. The molecule has 0 saturated heterocycles. The lowest BCUT2D eigenvalue weighted by molar-refractivity contribution is 0.0209. The monoisotopic (exact) mass is 666 g/mol. The number of H-pyrrole nitrogens is 1. The van der Waals surface area contributed by atoms with Crippen LogP contribution < -0.4 is 5.32 Å². The van der Waals surface area contributed by atoms with Crippen LogP contribution in [-0.4, -0.2) is 82.6 Å². The van der Waals surface area contributed by atoms with Crippen molar-refractivity contribution in [3.8, 4) is 0 Å². The Morgan fingerprint density at radius 3 is 2.04 bits per heavy atom. The summed E-state index contributed by atoms with van der Waals surface area (Å²) in [5, 5.41) is 31.5. The van der Waals surface area contributed by atoms with Crippen LogP contribution in [0.4, 0.5) is 4.79 Å². The van der Waals surface area contributed by atoms with Crippen molar-refractivity contribution >= 4 is 6.09 Å². The minimum atomic E-state index is -0.519. The van der Waals surface area contributed by atoms with E-state index in [0.717, 1.165) is 31.6 Å². The lowest BCUT2D eigenvalue weighted by Gasteiger charge is -2.30. The Hall–Kier alpha value is -4.19. The van der Waals surface area contributed by atoms with Crippen LogP contribution in [0.3, 0.4) is 0 Å². The van der Waals surface area contributed by atoms with Gasteiger partial charge in [0.05, 0.1) is 11.0 Å². The first-order valence-corrected chi connectivity index (χ1v) is 17.7. The Balaban J connectivity index is 0.000000155. The van der Waals surface area contributed by atoms with Crippen molar-refractivity contribution in [1.82, 2.24) is 51.0 Å². The fraction of sp³-hybridized carbons (Fsp3) is 0.595. The Kier molecular flexibility index (Phi) is 8.57. The zero-order valence-electron chi connectivity index (χ0n) is 29.6. The molecule has 8 rings (SSSR count). The van der Waals surface area contributed by atoms with E-state index in [2.05, 4.69) is 105 Å². The van der Waals surface area contributed by atoms with Crippen molar-refractivity contribution in [2.45, 2.75) is 126 Å². The van der Waals surface area contributed by atoms with Crippen molar-refractivity contribution in [2.75, 3.05) is 13.1 Å². The first-order valence-electron chi connectivity index (χ1n) is 17.7. The second-order valence-corrected chi connectivity index (χ2v) is 16.5. The number of carbonyl (C=O) groups is 1. The predicted octanol–water partition coefficient (Wildman–Crippen LogP) is 5.63. The molecule has 4 atom stereocenters. The molecule has 4 aliphatic carbocycles. The molecule has 0 aliphatic heterocycles. The van der Waals surface area contributed by atoms with Crippen LogP contribution in [0.15, 0.2) is 60.7 Å². The Morgan fingerprint density at radius 2 is 1.51 bits per heavy atom. The largest absolute Gasteiger partial charge is 0.444 e. The SMILES string of the molecule is CC(C)(C)OC(=O)N(CC1(c2nn[nH]n2)CC1)[C@H]1CC1c1ccccc1.CC(C)(C)n1nnc(C2(CN[C@H]3CC3c3ccccc3)CC2)n1. The van der Waals surface area contributed by atoms with Crippen molar-refractivity contribution in [3.05, 3.63) is 83.4 Å². The van der Waals surface area contributed by atoms with Crippen LogP contribution in [0.1, 0.15) is 115 Å². The average molecular weight is 667 g/mol. The van der Waals surface area contributed by atoms with E-state index in [-0.39, 0.29) is 28.5 Å². The molecule has 1 amide bonds. The summed E-state index contributed by atoms with van der Waals surface area (Å²) in [6.45, 7) is 13.6. The highest BCUT2D eigenvalue weighted by molar-refractivity contribution is 5.70. The van der Waals surface area contributed by atoms with Gasteiger partial charge in [-0.3, -0.25) is 0 Å². The molecule has 12 nitrogen and oxygen atoms in total. The van der Waals surface area contributed by atoms with E-state index in [1.807, 2.05) is 43.9 Å². The van der Waals surface area contributed by atoms with Gasteiger partial charge in [-0.2, -0.15) is 10.0 Å². The number of amides is 1. The predicted molar refractivity (Wildman–Crippen MR) is 185 cm³/mol. The molecular formula is C37H50N10O2. The van der Waals surface area contributed by atoms with E-state index in [4.69, 9.17) is 4.74 Å². The van der Waals surface area contributed by atoms with Crippen LogP contribution >= 0.6 is 0 Å². The average Bonchev–Trinajstić information content (AvgIpc) is 3.98. The van der Waals surface area contributed by atoms with Gasteiger partial charge in [0.1, 0.15) is 5.60 Å². The van der Waals surface area contributed by atoms with Crippen LogP contribution in [0.2, 0.25) is 0 Å². The third-order valence-corrected chi connectivity index (χ3v) is 10.2. The molecule has 0 radical (unpaired) electrons. The number of aromatic amines is 1. The molecule has 2 aromatic heterocycles. The molecule has 0 bridgehead atoms. The summed E-state index contributed by atoms with van der Waals surface area (Å²) in [6.07, 6.45) is 6.21. The summed E-state index contributed by atoms with van der Waals surface area (Å²) < 4.78 is 5.70. The second-order valence-electron chi connectivity index (χ2n) is 16.5. The molecule has 49 heavy (non-hydrogen) atoms. The van der Waals surface area contributed by atoms with Gasteiger partial charge in [0, 0.05) is 42.4 Å². The first kappa shape index (κ1) is 33.3. The third-order valence-electron chi connectivity index (χ3n) is 10.2. The highest BCUT2D eigenvalue weighted by Crippen LogP contribution is 2.52. The van der Waals surface area contributed by atoms with Gasteiger partial charge in [-0.15, -0.1) is 20.4 Å². The summed E-state index contributed by atoms with van der Waals surface area (Å²) in [5.41, 5.74) is 2.03. The van der Waals surface area contributed by atoms with Crippen molar-refractivity contribution < 1.29 is 9.53 Å². The quantitative estimate of drug-likeness (QED) is 0.220. The Labute approximate surface area is 288 Å². The number of aromatic nitrogens is 8. The highest BCUT2D eigenvalue weighted by Gasteiger charge is 2.55. The van der Waals surface area contributed by atoms with Gasteiger partial charge in [0.15, 0.2) is 11.6 Å². The normalized spacial score (nSPS) is 24.3. The zero-order valence-corrected chi connectivity index (χ0v) is 29.6. The van der Waals surface area contributed by atoms with Gasteiger partial charge in [0.2, 0.25) is 0 Å². The van der Waals surface area contributed by atoms with Crippen LogP contribution in [0.5, 0.6) is 0 Å². The summed E-state index contributed by atoms with van der Waals surface area (Å²) in [6, 6.07) is 21.9. The Bertz CT molecular complexity index is 1700. The standard InChI is InChI=1S/C19H25N5O2.C18H25N5/c1-18(2,3)26-17(25)24(12-19(9-10-19)16-20-22-23-21-16)15-11-14(15)13-7-5-4-6-8-13;1-17(2,3)23-21-16(20-22-23)18(9-10-18)12-19-15-11-14(15)13-7-5-4-6-8-13/h4-8,14-15H,9-12H2,1-3H3,(H,20,21,22,23);4-8,14-15,19H,9-12H2,1-3H3/t2*14?,15-/m00/s1. The number of carbonyl (C=O) groups excluding carboxylic acids is 1. The fourth-order valence-electron chi connectivity index (χ4n) is 6.69. The smallest absolute Gasteiger partial charge is 0.410 e. The Morgan fingerprint density at radius 1 is 0.878 bits per heavy atom. The molecule has 2 N–H and O–H groups in total. The van der Waals surface area contributed by atoms with E-state index >= 15 is 0 Å². The van der Waals surface area contributed by atoms with E-state index < -0.39 is 5.60 Å². The molecule has 2 heterocycles. The maximum Gasteiger partial charge on any atom is 0.410 e. The number of hydrogen-bond donors (Lipinski definition) is 2. The lowest BCUT2D eigenvalue weighted by atomic mass is 10.1. The van der Waals surface area contributed by atoms with Gasteiger partial charge in [-0.1, -0.05) is 65.9 Å². The van der Waals surface area contributed by atoms with Gasteiger partial charge in [-0.25, -0.2) is 4.79 Å². The number of benzene rings is 2. The second kappa shape index (κ2) is 12.6. The van der Waals surface area contributed by atoms with E-state index in [1.54, 1.807) is 4.80 Å². The number of nitrogens with one attached hydrogen (secondary N) is 2. The molecule has 4 fully saturated rings. The molecule has 4 saturated carbocycles. The van der Waals surface area contributed by atoms with E-state index in [1.165, 1.54) is 30.4 Å². The fourth-order valence-corrected chi connectivity index (χ4v) is 6.69. The molecule has 260 valence electrons. The minimum absolute atomic E-state index is 0.107. The summed E-state index contributed by atoms with van der Waals surface area (Å²) in [4.78, 5) is 16.6. The molecule has 2 unspecified atom stereocenters. The van der Waals surface area contributed by atoms with Crippen LogP contribution in [-0.2, 0) is 21.1 Å². The number of ether oxygens (including phenoxy) is 1. The maximum atomic E-state index is 12.9. The topological polar surface area (TPSA) is 140 Å². The maximum absolute atomic E-state index is 12.9. The van der Waals surface area contributed by atoms with Gasteiger partial charge in [0.25, 0.3) is 0 Å². The number of rotatable bonds is 10. The van der Waals surface area contributed by atoms with E-state index in [0.29, 0.717) is 30.2 Å². The van der Waals surface area contributed by atoms with Gasteiger partial charge in [-0.05, 0) is 96.4 Å². The molecular weight excluding hydrogens is 616 g/mol. The number of tetrazole rings is 2. The molecule has 12 heteroatoms. The molecule has 4 aliphatic rings. The third kappa shape index (κ3) is 7.69. The number of hydrogen-bond acceptors (Lipinski definition) is 9. The summed E-state index contributed by atoms with van der Waals surface area (Å²) in [5.74, 6) is 2.65. The highest BCUT2D eigenvalue weighted by atomic mass is 16.6. The van der Waals surface area contributed by atoms with Gasteiger partial charge >= 0.3 is 6.09 Å². The van der Waals surface area contributed by atoms with Crippen molar-refractivity contribution in [3.63, 3.8) is 0 Å². The van der Waals surface area contributed by atoms with Crippen molar-refractivity contribution in [1.29, 1.82) is 0 Å². The van der Waals surface area contributed by atoms with Crippen LogP contribution in [0.25, 0.3) is 0 Å². The van der Waals surface area contributed by atoms with Crippen molar-refractivity contribution in [2.24, 2.45) is 0 Å². The van der Waals surface area contributed by atoms with Gasteiger partial charge < -0.3 is 15.0 Å². The lowest BCUT2D eigenvalue weighted by Crippen LogP contribution is -2.43. The zero-order chi connectivity index (χ0) is 34.4.